The first-order valence-corrected chi connectivity index (χ1v) is 15.6. The summed E-state index contributed by atoms with van der Waals surface area (Å²) in [5, 5.41) is 0. The smallest absolute Gasteiger partial charge is 0.339 e. The molecule has 2 heterocycles. The van der Waals surface area contributed by atoms with Crippen molar-refractivity contribution in [2.75, 3.05) is 0 Å². The fourth-order valence-corrected chi connectivity index (χ4v) is 5.98. The SMILES string of the molecule is CCCc1nc2c(C)cc(-c3cn(CC4CCC4)cn3)cc2n1Cc1ccc(-c2ccccc2C(=O)OC(C)(C)C)cc1. The third-order valence-electron chi connectivity index (χ3n) is 8.37. The van der Waals surface area contributed by atoms with E-state index in [1.165, 1.54) is 30.4 Å². The lowest BCUT2D eigenvalue weighted by Crippen LogP contribution is -2.24. The Labute approximate surface area is 254 Å². The Bertz CT molecular complexity index is 1750. The van der Waals surface area contributed by atoms with Crippen LogP contribution in [0.15, 0.2) is 73.2 Å². The van der Waals surface area contributed by atoms with Gasteiger partial charge in [-0.05, 0) is 93.3 Å². The zero-order chi connectivity index (χ0) is 30.1. The van der Waals surface area contributed by atoms with Crippen LogP contribution in [0.2, 0.25) is 0 Å². The van der Waals surface area contributed by atoms with Crippen LogP contribution >= 0.6 is 0 Å². The highest BCUT2D eigenvalue weighted by molar-refractivity contribution is 5.97. The van der Waals surface area contributed by atoms with E-state index in [1.54, 1.807) is 0 Å². The lowest BCUT2D eigenvalue weighted by Gasteiger charge is -2.25. The fraction of sp³-hybridized carbons (Fsp3) is 0.378. The monoisotopic (exact) mass is 574 g/mol. The molecule has 1 fully saturated rings. The molecule has 3 aromatic carbocycles. The number of carbonyl (C=O) groups excluding carboxylic acids is 1. The molecule has 0 saturated heterocycles. The van der Waals surface area contributed by atoms with Gasteiger partial charge in [-0.2, -0.15) is 0 Å². The molecule has 1 aliphatic carbocycles. The Morgan fingerprint density at radius 3 is 2.49 bits per heavy atom. The number of rotatable bonds is 9. The van der Waals surface area contributed by atoms with Crippen LogP contribution in [0.5, 0.6) is 0 Å². The summed E-state index contributed by atoms with van der Waals surface area (Å²) in [5.41, 5.74) is 8.60. The number of hydrogen-bond acceptors (Lipinski definition) is 4. The lowest BCUT2D eigenvalue weighted by atomic mass is 9.85. The maximum absolute atomic E-state index is 12.9. The highest BCUT2D eigenvalue weighted by Gasteiger charge is 2.21. The van der Waals surface area contributed by atoms with E-state index in [1.807, 2.05) is 51.4 Å². The van der Waals surface area contributed by atoms with E-state index in [0.29, 0.717) is 5.56 Å². The average molecular weight is 575 g/mol. The quantitative estimate of drug-likeness (QED) is 0.165. The van der Waals surface area contributed by atoms with Gasteiger partial charge in [0.05, 0.1) is 28.6 Å². The van der Waals surface area contributed by atoms with Gasteiger partial charge >= 0.3 is 5.97 Å². The number of esters is 1. The minimum Gasteiger partial charge on any atom is -0.456 e. The van der Waals surface area contributed by atoms with Crippen LogP contribution in [0.3, 0.4) is 0 Å². The lowest BCUT2D eigenvalue weighted by molar-refractivity contribution is 0.00704. The Balaban J connectivity index is 1.30. The molecular weight excluding hydrogens is 532 g/mol. The fourth-order valence-electron chi connectivity index (χ4n) is 5.98. The summed E-state index contributed by atoms with van der Waals surface area (Å²) in [6.07, 6.45) is 10.1. The molecule has 0 atom stereocenters. The Kier molecular flexibility index (Phi) is 7.95. The number of aryl methyl sites for hydroxylation is 2. The second-order valence-corrected chi connectivity index (χ2v) is 13.0. The van der Waals surface area contributed by atoms with Crippen LogP contribution in [0.4, 0.5) is 0 Å². The molecule has 5 aromatic rings. The van der Waals surface area contributed by atoms with Crippen LogP contribution in [0.1, 0.15) is 80.7 Å². The molecule has 0 aliphatic heterocycles. The van der Waals surface area contributed by atoms with Gasteiger partial charge in [0.25, 0.3) is 0 Å². The molecule has 0 bridgehead atoms. The van der Waals surface area contributed by atoms with E-state index in [2.05, 4.69) is 65.6 Å². The van der Waals surface area contributed by atoms with Crippen LogP contribution in [0.25, 0.3) is 33.4 Å². The molecule has 222 valence electrons. The van der Waals surface area contributed by atoms with Crippen molar-refractivity contribution in [3.63, 3.8) is 0 Å². The standard InChI is InChI=1S/C37H42N4O2/c1-6-10-34-39-35-25(2)19-29(32-23-40(24-38-32)21-26-11-9-12-26)20-33(35)41(34)22-27-15-17-28(18-16-27)30-13-7-8-14-31(30)36(42)43-37(3,4)5/h7-8,13-20,23-24,26H,6,9-12,21-22H2,1-5H3. The third kappa shape index (κ3) is 6.29. The summed E-state index contributed by atoms with van der Waals surface area (Å²) in [4.78, 5) is 22.8. The molecule has 6 nitrogen and oxygen atoms in total. The topological polar surface area (TPSA) is 61.9 Å². The number of benzene rings is 3. The Morgan fingerprint density at radius 2 is 1.79 bits per heavy atom. The minimum absolute atomic E-state index is 0.305. The van der Waals surface area contributed by atoms with Crippen molar-refractivity contribution >= 4 is 17.0 Å². The molecule has 0 N–H and O–H groups in total. The normalized spacial score (nSPS) is 13.8. The Morgan fingerprint density at radius 1 is 1.02 bits per heavy atom. The van der Waals surface area contributed by atoms with Gasteiger partial charge in [-0.1, -0.05) is 55.8 Å². The van der Waals surface area contributed by atoms with E-state index < -0.39 is 5.60 Å². The largest absolute Gasteiger partial charge is 0.456 e. The number of nitrogens with zero attached hydrogens (tertiary/aromatic N) is 4. The molecule has 0 spiro atoms. The van der Waals surface area contributed by atoms with Crippen molar-refractivity contribution in [2.24, 2.45) is 5.92 Å². The second kappa shape index (κ2) is 11.8. The maximum atomic E-state index is 12.9. The highest BCUT2D eigenvalue weighted by atomic mass is 16.6. The predicted octanol–water partition coefficient (Wildman–Crippen LogP) is 8.63. The first-order valence-electron chi connectivity index (χ1n) is 15.6. The van der Waals surface area contributed by atoms with Crippen molar-refractivity contribution in [1.82, 2.24) is 19.1 Å². The highest BCUT2D eigenvalue weighted by Crippen LogP contribution is 2.31. The Hall–Kier alpha value is -4.19. The number of aromatic nitrogens is 4. The molecule has 6 heteroatoms. The molecule has 2 aromatic heterocycles. The van der Waals surface area contributed by atoms with Crippen molar-refractivity contribution < 1.29 is 9.53 Å². The molecule has 0 unspecified atom stereocenters. The summed E-state index contributed by atoms with van der Waals surface area (Å²) >= 11 is 0. The van der Waals surface area contributed by atoms with Crippen LogP contribution in [-0.4, -0.2) is 30.7 Å². The van der Waals surface area contributed by atoms with Gasteiger partial charge in [-0.25, -0.2) is 14.8 Å². The van der Waals surface area contributed by atoms with Crippen LogP contribution in [-0.2, 0) is 24.2 Å². The number of hydrogen-bond donors (Lipinski definition) is 0. The number of ether oxygens (including phenoxy) is 1. The van der Waals surface area contributed by atoms with E-state index >= 15 is 0 Å². The number of imidazole rings is 2. The van der Waals surface area contributed by atoms with Gasteiger partial charge in [-0.3, -0.25) is 0 Å². The van der Waals surface area contributed by atoms with Crippen molar-refractivity contribution in [3.8, 4) is 22.4 Å². The molecule has 0 radical (unpaired) electrons. The molecular formula is C37H42N4O2. The zero-order valence-electron chi connectivity index (χ0n) is 26.1. The van der Waals surface area contributed by atoms with E-state index in [4.69, 9.17) is 14.7 Å². The molecule has 6 rings (SSSR count). The summed E-state index contributed by atoms with van der Waals surface area (Å²) in [6, 6.07) is 20.7. The number of fused-ring (bicyclic) bond motifs is 1. The summed E-state index contributed by atoms with van der Waals surface area (Å²) in [6.45, 7) is 11.8. The predicted molar refractivity (Wildman–Crippen MR) is 173 cm³/mol. The average Bonchev–Trinajstić information content (AvgIpc) is 3.56. The van der Waals surface area contributed by atoms with E-state index in [9.17, 15) is 4.79 Å². The summed E-state index contributed by atoms with van der Waals surface area (Å²) in [7, 11) is 0. The van der Waals surface area contributed by atoms with Crippen molar-refractivity contribution in [1.29, 1.82) is 0 Å². The first kappa shape index (κ1) is 28.9. The van der Waals surface area contributed by atoms with Crippen LogP contribution < -0.4 is 0 Å². The minimum atomic E-state index is -0.549. The van der Waals surface area contributed by atoms with Crippen LogP contribution in [0, 0.1) is 12.8 Å². The first-order chi connectivity index (χ1) is 20.7. The van der Waals surface area contributed by atoms with Gasteiger partial charge in [-0.15, -0.1) is 0 Å². The van der Waals surface area contributed by atoms with Crippen molar-refractivity contribution in [3.05, 3.63) is 95.7 Å². The molecule has 1 saturated carbocycles. The maximum Gasteiger partial charge on any atom is 0.339 e. The second-order valence-electron chi connectivity index (χ2n) is 13.0. The molecule has 43 heavy (non-hydrogen) atoms. The molecule has 1 aliphatic rings. The van der Waals surface area contributed by atoms with Gasteiger partial charge in [0.1, 0.15) is 11.4 Å². The zero-order valence-corrected chi connectivity index (χ0v) is 26.1. The summed E-state index contributed by atoms with van der Waals surface area (Å²) in [5.74, 6) is 1.59. The van der Waals surface area contributed by atoms with Crippen molar-refractivity contribution in [2.45, 2.75) is 85.4 Å². The van der Waals surface area contributed by atoms with E-state index in [0.717, 1.165) is 71.1 Å². The number of carbonyl (C=O) groups is 1. The third-order valence-corrected chi connectivity index (χ3v) is 8.37. The van der Waals surface area contributed by atoms with Gasteiger partial charge in [0, 0.05) is 31.3 Å². The van der Waals surface area contributed by atoms with E-state index in [-0.39, 0.29) is 5.97 Å². The van der Waals surface area contributed by atoms with Gasteiger partial charge in [0.2, 0.25) is 0 Å². The summed E-state index contributed by atoms with van der Waals surface area (Å²) < 4.78 is 10.3. The van der Waals surface area contributed by atoms with Gasteiger partial charge < -0.3 is 13.9 Å². The van der Waals surface area contributed by atoms with Gasteiger partial charge in [0.15, 0.2) is 0 Å². The molecule has 0 amide bonds.